The van der Waals surface area contributed by atoms with Gasteiger partial charge in [0.15, 0.2) is 0 Å². The molecule has 1 N–H and O–H groups in total. The first kappa shape index (κ1) is 12.2. The molecule has 90 valence electrons. The van der Waals surface area contributed by atoms with E-state index in [1.807, 2.05) is 26.1 Å². The van der Waals surface area contributed by atoms with E-state index in [2.05, 4.69) is 26.6 Å². The van der Waals surface area contributed by atoms with Crippen LogP contribution in [0.3, 0.4) is 0 Å². The van der Waals surface area contributed by atoms with Gasteiger partial charge in [-0.3, -0.25) is 4.79 Å². The molecule has 0 spiro atoms. The van der Waals surface area contributed by atoms with Crippen LogP contribution in [0.15, 0.2) is 22.7 Å². The highest BCUT2D eigenvalue weighted by Crippen LogP contribution is 2.28. The van der Waals surface area contributed by atoms with Gasteiger partial charge < -0.3 is 9.67 Å². The number of fused-ring (bicyclic) bond motifs is 1. The van der Waals surface area contributed by atoms with Gasteiger partial charge in [-0.15, -0.1) is 0 Å². The Morgan fingerprint density at radius 2 is 2.18 bits per heavy atom. The number of hydrogen-bond donors (Lipinski definition) is 1. The number of hydrogen-bond acceptors (Lipinski definition) is 1. The second-order valence-corrected chi connectivity index (χ2v) is 5.09. The second-order valence-electron chi connectivity index (χ2n) is 4.18. The van der Waals surface area contributed by atoms with Gasteiger partial charge in [-0.05, 0) is 31.0 Å². The molecule has 0 saturated carbocycles. The fourth-order valence-electron chi connectivity index (χ4n) is 2.16. The minimum atomic E-state index is -0.751. The van der Waals surface area contributed by atoms with Crippen LogP contribution in [0, 0.1) is 6.92 Å². The Balaban J connectivity index is 2.54. The molecule has 1 aromatic heterocycles. The highest BCUT2D eigenvalue weighted by atomic mass is 79.9. The third-order valence-electron chi connectivity index (χ3n) is 3.17. The van der Waals surface area contributed by atoms with Crippen molar-refractivity contribution >= 4 is 32.8 Å². The summed E-state index contributed by atoms with van der Waals surface area (Å²) >= 11 is 3.46. The Bertz CT molecular complexity index is 587. The first-order valence-electron chi connectivity index (χ1n) is 5.46. The van der Waals surface area contributed by atoms with Crippen LogP contribution in [0.2, 0.25) is 0 Å². The molecule has 3 nitrogen and oxygen atoms in total. The van der Waals surface area contributed by atoms with E-state index < -0.39 is 5.97 Å². The molecule has 0 fully saturated rings. The Kier molecular flexibility index (Phi) is 3.24. The minimum absolute atomic E-state index is 0.177. The lowest BCUT2D eigenvalue weighted by Gasteiger charge is -2.00. The van der Waals surface area contributed by atoms with Crippen molar-refractivity contribution in [3.05, 3.63) is 33.9 Å². The van der Waals surface area contributed by atoms with E-state index in [1.165, 1.54) is 0 Å². The molecule has 0 amide bonds. The molecular weight excluding hydrogens is 282 g/mol. The van der Waals surface area contributed by atoms with E-state index in [-0.39, 0.29) is 6.42 Å². The number of rotatable bonds is 3. The molecule has 0 aliphatic carbocycles. The van der Waals surface area contributed by atoms with Crippen LogP contribution in [0.25, 0.3) is 10.9 Å². The van der Waals surface area contributed by atoms with Gasteiger partial charge >= 0.3 is 5.97 Å². The largest absolute Gasteiger partial charge is 0.481 e. The molecule has 0 aliphatic heterocycles. The second kappa shape index (κ2) is 4.53. The van der Waals surface area contributed by atoms with Crippen molar-refractivity contribution in [3.63, 3.8) is 0 Å². The number of halogens is 1. The average Bonchev–Trinajstić information content (AvgIpc) is 2.50. The smallest absolute Gasteiger partial charge is 0.303 e. The Morgan fingerprint density at radius 1 is 1.47 bits per heavy atom. The summed E-state index contributed by atoms with van der Waals surface area (Å²) in [5.41, 5.74) is 3.41. The van der Waals surface area contributed by atoms with Crippen molar-refractivity contribution in [3.8, 4) is 0 Å². The molecule has 0 atom stereocenters. The molecule has 0 aliphatic rings. The van der Waals surface area contributed by atoms with Crippen molar-refractivity contribution in [2.45, 2.75) is 19.8 Å². The third-order valence-corrected chi connectivity index (χ3v) is 3.67. The summed E-state index contributed by atoms with van der Waals surface area (Å²) in [5, 5.41) is 9.92. The minimum Gasteiger partial charge on any atom is -0.481 e. The fourth-order valence-corrected chi connectivity index (χ4v) is 2.51. The first-order valence-corrected chi connectivity index (χ1v) is 6.25. The number of aliphatic carboxylic acids is 1. The number of carbonyl (C=O) groups is 1. The zero-order valence-corrected chi connectivity index (χ0v) is 11.4. The number of benzene rings is 1. The number of carboxylic acids is 1. The van der Waals surface area contributed by atoms with Gasteiger partial charge in [-0.25, -0.2) is 0 Å². The van der Waals surface area contributed by atoms with Gasteiger partial charge in [0.05, 0.1) is 0 Å². The lowest BCUT2D eigenvalue weighted by Crippen LogP contribution is -1.99. The molecule has 2 rings (SSSR count). The van der Waals surface area contributed by atoms with E-state index >= 15 is 0 Å². The van der Waals surface area contributed by atoms with E-state index in [4.69, 9.17) is 5.11 Å². The molecule has 1 aromatic carbocycles. The van der Waals surface area contributed by atoms with Crippen molar-refractivity contribution < 1.29 is 9.90 Å². The van der Waals surface area contributed by atoms with Crippen LogP contribution >= 0.6 is 15.9 Å². The first-order chi connectivity index (χ1) is 8.00. The predicted molar refractivity (Wildman–Crippen MR) is 71.3 cm³/mol. The number of aryl methyl sites for hydroxylation is 2. The summed E-state index contributed by atoms with van der Waals surface area (Å²) in [5.74, 6) is -0.751. The van der Waals surface area contributed by atoms with Crippen LogP contribution in [0.5, 0.6) is 0 Å². The standard InChI is InChI=1S/C13H14BrNO2/c1-8-10(5-6-13(16)17)11-4-3-9(14)7-12(11)15(8)2/h3-4,7H,5-6H2,1-2H3,(H,16,17). The lowest BCUT2D eigenvalue weighted by molar-refractivity contribution is -0.136. The maximum absolute atomic E-state index is 10.7. The highest BCUT2D eigenvalue weighted by Gasteiger charge is 2.12. The van der Waals surface area contributed by atoms with Gasteiger partial charge in [0, 0.05) is 34.5 Å². The van der Waals surface area contributed by atoms with Crippen LogP contribution in [-0.4, -0.2) is 15.6 Å². The zero-order chi connectivity index (χ0) is 12.6. The van der Waals surface area contributed by atoms with E-state index in [1.54, 1.807) is 0 Å². The Labute approximate surface area is 108 Å². The summed E-state index contributed by atoms with van der Waals surface area (Å²) in [6.45, 7) is 2.03. The fraction of sp³-hybridized carbons (Fsp3) is 0.308. The van der Waals surface area contributed by atoms with Gasteiger partial charge in [-0.1, -0.05) is 22.0 Å². The van der Waals surface area contributed by atoms with Crippen LogP contribution in [0.4, 0.5) is 0 Å². The molecule has 0 radical (unpaired) electrons. The lowest BCUT2D eigenvalue weighted by atomic mass is 10.1. The summed E-state index contributed by atoms with van der Waals surface area (Å²) < 4.78 is 3.15. The summed E-state index contributed by atoms with van der Waals surface area (Å²) in [7, 11) is 2.01. The van der Waals surface area contributed by atoms with Crippen molar-refractivity contribution in [1.29, 1.82) is 0 Å². The third kappa shape index (κ3) is 2.22. The van der Waals surface area contributed by atoms with Gasteiger partial charge in [0.25, 0.3) is 0 Å². The average molecular weight is 296 g/mol. The molecule has 1 heterocycles. The zero-order valence-electron chi connectivity index (χ0n) is 9.83. The number of carboxylic acid groups (broad SMARTS) is 1. The topological polar surface area (TPSA) is 42.2 Å². The Hall–Kier alpha value is -1.29. The van der Waals surface area contributed by atoms with E-state index in [0.29, 0.717) is 6.42 Å². The van der Waals surface area contributed by atoms with Crippen molar-refractivity contribution in [2.75, 3.05) is 0 Å². The predicted octanol–water partition coefficient (Wildman–Crippen LogP) is 3.27. The molecular formula is C13H14BrNO2. The SMILES string of the molecule is Cc1c(CCC(=O)O)c2ccc(Br)cc2n1C. The van der Waals surface area contributed by atoms with Crippen LogP contribution in [-0.2, 0) is 18.3 Å². The van der Waals surface area contributed by atoms with Gasteiger partial charge in [0.2, 0.25) is 0 Å². The molecule has 17 heavy (non-hydrogen) atoms. The normalized spacial score (nSPS) is 11.0. The van der Waals surface area contributed by atoms with E-state index in [0.717, 1.165) is 26.6 Å². The molecule has 0 saturated heterocycles. The summed E-state index contributed by atoms with van der Waals surface area (Å²) in [6.07, 6.45) is 0.760. The number of nitrogens with zero attached hydrogens (tertiary/aromatic N) is 1. The van der Waals surface area contributed by atoms with Crippen LogP contribution < -0.4 is 0 Å². The van der Waals surface area contributed by atoms with Crippen molar-refractivity contribution in [2.24, 2.45) is 7.05 Å². The monoisotopic (exact) mass is 295 g/mol. The molecule has 0 unspecified atom stereocenters. The quantitative estimate of drug-likeness (QED) is 0.944. The van der Waals surface area contributed by atoms with Crippen molar-refractivity contribution in [1.82, 2.24) is 4.57 Å². The van der Waals surface area contributed by atoms with E-state index in [9.17, 15) is 4.79 Å². The number of aromatic nitrogens is 1. The maximum atomic E-state index is 10.7. The van der Waals surface area contributed by atoms with Crippen LogP contribution in [0.1, 0.15) is 17.7 Å². The maximum Gasteiger partial charge on any atom is 0.303 e. The highest BCUT2D eigenvalue weighted by molar-refractivity contribution is 9.10. The molecule has 2 aromatic rings. The summed E-state index contributed by atoms with van der Waals surface area (Å²) in [4.78, 5) is 10.7. The Morgan fingerprint density at radius 3 is 2.82 bits per heavy atom. The van der Waals surface area contributed by atoms with Gasteiger partial charge in [-0.2, -0.15) is 0 Å². The molecule has 0 bridgehead atoms. The molecule has 4 heteroatoms. The van der Waals surface area contributed by atoms with Gasteiger partial charge in [0.1, 0.15) is 0 Å². The summed E-state index contributed by atoms with van der Waals surface area (Å²) in [6, 6.07) is 6.10.